The minimum atomic E-state index is 0.0186. The highest BCUT2D eigenvalue weighted by atomic mass is 16.5. The van der Waals surface area contributed by atoms with Crippen molar-refractivity contribution in [2.45, 2.75) is 32.6 Å². The summed E-state index contributed by atoms with van der Waals surface area (Å²) in [7, 11) is 1.64. The Labute approximate surface area is 91.3 Å². The molecule has 0 N–H and O–H groups in total. The first-order valence-corrected chi connectivity index (χ1v) is 5.33. The van der Waals surface area contributed by atoms with Gasteiger partial charge in [0.2, 0.25) is 0 Å². The van der Waals surface area contributed by atoms with E-state index in [2.05, 4.69) is 6.92 Å². The third-order valence-corrected chi connectivity index (χ3v) is 2.56. The Morgan fingerprint density at radius 3 is 2.73 bits per heavy atom. The van der Waals surface area contributed by atoms with Crippen molar-refractivity contribution in [3.63, 3.8) is 0 Å². The Balaban J connectivity index is 2.94. The smallest absolute Gasteiger partial charge is 0.137 e. The Kier molecular flexibility index (Phi) is 4.35. The maximum atomic E-state index is 11.5. The highest BCUT2D eigenvalue weighted by molar-refractivity contribution is 5.83. The van der Waals surface area contributed by atoms with Crippen LogP contribution in [0.1, 0.15) is 38.2 Å². The van der Waals surface area contributed by atoms with Crippen LogP contribution in [0, 0.1) is 0 Å². The van der Waals surface area contributed by atoms with Crippen molar-refractivity contribution in [3.8, 4) is 5.75 Å². The quantitative estimate of drug-likeness (QED) is 0.739. The Morgan fingerprint density at radius 1 is 1.47 bits per heavy atom. The number of carbonyl (C=O) groups excluding carboxylic acids is 1. The second-order valence-corrected chi connectivity index (χ2v) is 3.73. The number of carbonyl (C=O) groups is 1. The maximum absolute atomic E-state index is 11.5. The van der Waals surface area contributed by atoms with Crippen LogP contribution in [0.25, 0.3) is 0 Å². The van der Waals surface area contributed by atoms with Crippen molar-refractivity contribution >= 4 is 5.78 Å². The van der Waals surface area contributed by atoms with Crippen LogP contribution in [-0.2, 0) is 4.79 Å². The van der Waals surface area contributed by atoms with Crippen LogP contribution in [-0.4, -0.2) is 12.9 Å². The van der Waals surface area contributed by atoms with E-state index in [0.29, 0.717) is 0 Å². The Bertz CT molecular complexity index is 331. The zero-order valence-corrected chi connectivity index (χ0v) is 9.62. The molecule has 0 radical (unpaired) electrons. The first-order chi connectivity index (χ1) is 7.19. The second kappa shape index (κ2) is 5.54. The molecule has 0 aliphatic heterocycles. The fraction of sp³-hybridized carbons (Fsp3) is 0.462. The SMILES string of the molecule is CCC[C@H](C(C)=O)c1cccc(OC)c1. The van der Waals surface area contributed by atoms with E-state index >= 15 is 0 Å². The summed E-state index contributed by atoms with van der Waals surface area (Å²) in [4.78, 5) is 11.5. The molecule has 0 heterocycles. The molecule has 0 fully saturated rings. The van der Waals surface area contributed by atoms with E-state index in [1.54, 1.807) is 14.0 Å². The molecule has 1 aromatic carbocycles. The highest BCUT2D eigenvalue weighted by Gasteiger charge is 2.15. The first kappa shape index (κ1) is 11.8. The molecule has 0 saturated heterocycles. The number of hydrogen-bond donors (Lipinski definition) is 0. The molecule has 82 valence electrons. The van der Waals surface area contributed by atoms with E-state index in [1.165, 1.54) is 0 Å². The molecule has 0 spiro atoms. The molecule has 0 aromatic heterocycles. The van der Waals surface area contributed by atoms with E-state index in [4.69, 9.17) is 4.74 Å². The normalized spacial score (nSPS) is 12.2. The highest BCUT2D eigenvalue weighted by Crippen LogP contribution is 2.25. The van der Waals surface area contributed by atoms with Gasteiger partial charge in [0.1, 0.15) is 11.5 Å². The lowest BCUT2D eigenvalue weighted by molar-refractivity contribution is -0.118. The van der Waals surface area contributed by atoms with Gasteiger partial charge in [0.25, 0.3) is 0 Å². The van der Waals surface area contributed by atoms with Crippen LogP contribution in [0.3, 0.4) is 0 Å². The summed E-state index contributed by atoms with van der Waals surface area (Å²) in [5, 5.41) is 0. The molecule has 0 unspecified atom stereocenters. The first-order valence-electron chi connectivity index (χ1n) is 5.33. The maximum Gasteiger partial charge on any atom is 0.137 e. The van der Waals surface area contributed by atoms with Crippen molar-refractivity contribution in [1.82, 2.24) is 0 Å². The van der Waals surface area contributed by atoms with Gasteiger partial charge in [-0.05, 0) is 31.0 Å². The predicted molar refractivity (Wildman–Crippen MR) is 61.3 cm³/mol. The van der Waals surface area contributed by atoms with Gasteiger partial charge < -0.3 is 4.74 Å². The number of methoxy groups -OCH3 is 1. The molecular weight excluding hydrogens is 188 g/mol. The summed E-state index contributed by atoms with van der Waals surface area (Å²) in [6.07, 6.45) is 1.92. The lowest BCUT2D eigenvalue weighted by Crippen LogP contribution is -2.08. The minimum Gasteiger partial charge on any atom is -0.497 e. The number of rotatable bonds is 5. The molecule has 1 atom stereocenters. The number of benzene rings is 1. The molecule has 0 saturated carbocycles. The van der Waals surface area contributed by atoms with Gasteiger partial charge in [0, 0.05) is 5.92 Å². The van der Waals surface area contributed by atoms with Gasteiger partial charge in [0.15, 0.2) is 0 Å². The van der Waals surface area contributed by atoms with E-state index in [-0.39, 0.29) is 11.7 Å². The van der Waals surface area contributed by atoms with Crippen LogP contribution in [0.15, 0.2) is 24.3 Å². The number of ketones is 1. The third kappa shape index (κ3) is 3.08. The molecule has 2 heteroatoms. The van der Waals surface area contributed by atoms with Crippen LogP contribution >= 0.6 is 0 Å². The average Bonchev–Trinajstić information content (AvgIpc) is 2.25. The molecule has 0 aliphatic rings. The lowest BCUT2D eigenvalue weighted by Gasteiger charge is -2.13. The van der Waals surface area contributed by atoms with E-state index in [9.17, 15) is 4.79 Å². The Morgan fingerprint density at radius 2 is 2.20 bits per heavy atom. The van der Waals surface area contributed by atoms with Crippen LogP contribution in [0.5, 0.6) is 5.75 Å². The zero-order chi connectivity index (χ0) is 11.3. The summed E-state index contributed by atoms with van der Waals surface area (Å²) in [5.74, 6) is 1.06. The van der Waals surface area contributed by atoms with Gasteiger partial charge in [-0.25, -0.2) is 0 Å². The monoisotopic (exact) mass is 206 g/mol. The molecule has 0 aliphatic carbocycles. The topological polar surface area (TPSA) is 26.3 Å². The summed E-state index contributed by atoms with van der Waals surface area (Å²) in [6.45, 7) is 3.75. The van der Waals surface area contributed by atoms with Crippen LogP contribution in [0.4, 0.5) is 0 Å². The van der Waals surface area contributed by atoms with Crippen molar-refractivity contribution in [2.75, 3.05) is 7.11 Å². The van der Waals surface area contributed by atoms with Crippen molar-refractivity contribution in [3.05, 3.63) is 29.8 Å². The molecule has 0 bridgehead atoms. The third-order valence-electron chi connectivity index (χ3n) is 2.56. The standard InChI is InChI=1S/C13H18O2/c1-4-6-13(10(2)14)11-7-5-8-12(9-11)15-3/h5,7-9,13H,4,6H2,1-3H3/t13-/m1/s1. The van der Waals surface area contributed by atoms with Crippen molar-refractivity contribution in [2.24, 2.45) is 0 Å². The summed E-state index contributed by atoms with van der Waals surface area (Å²) >= 11 is 0. The molecule has 2 nitrogen and oxygen atoms in total. The van der Waals surface area contributed by atoms with Crippen LogP contribution in [0.2, 0.25) is 0 Å². The van der Waals surface area contributed by atoms with Crippen molar-refractivity contribution < 1.29 is 9.53 Å². The predicted octanol–water partition coefficient (Wildman–Crippen LogP) is 3.17. The minimum absolute atomic E-state index is 0.0186. The van der Waals surface area contributed by atoms with Gasteiger partial charge in [-0.1, -0.05) is 25.5 Å². The summed E-state index contributed by atoms with van der Waals surface area (Å²) in [5.41, 5.74) is 1.06. The average molecular weight is 206 g/mol. The zero-order valence-electron chi connectivity index (χ0n) is 9.62. The van der Waals surface area contributed by atoms with Crippen LogP contribution < -0.4 is 4.74 Å². The lowest BCUT2D eigenvalue weighted by atomic mass is 9.91. The molecular formula is C13H18O2. The largest absolute Gasteiger partial charge is 0.497 e. The second-order valence-electron chi connectivity index (χ2n) is 3.73. The number of Topliss-reactive ketones (excluding diaryl/α,β-unsaturated/α-hetero) is 1. The van der Waals surface area contributed by atoms with Gasteiger partial charge in [-0.3, -0.25) is 4.79 Å². The molecule has 1 aromatic rings. The van der Waals surface area contributed by atoms with E-state index < -0.39 is 0 Å². The fourth-order valence-electron chi connectivity index (χ4n) is 1.75. The van der Waals surface area contributed by atoms with Gasteiger partial charge in [-0.2, -0.15) is 0 Å². The van der Waals surface area contributed by atoms with Gasteiger partial charge >= 0.3 is 0 Å². The Hall–Kier alpha value is -1.31. The van der Waals surface area contributed by atoms with Crippen molar-refractivity contribution in [1.29, 1.82) is 0 Å². The van der Waals surface area contributed by atoms with E-state index in [1.807, 2.05) is 24.3 Å². The number of ether oxygens (including phenoxy) is 1. The fourth-order valence-corrected chi connectivity index (χ4v) is 1.75. The van der Waals surface area contributed by atoms with E-state index in [0.717, 1.165) is 24.2 Å². The summed E-state index contributed by atoms with van der Waals surface area (Å²) < 4.78 is 5.15. The molecule has 0 amide bonds. The molecule has 15 heavy (non-hydrogen) atoms. The van der Waals surface area contributed by atoms with Gasteiger partial charge in [-0.15, -0.1) is 0 Å². The molecule has 1 rings (SSSR count). The summed E-state index contributed by atoms with van der Waals surface area (Å²) in [6, 6.07) is 7.76. The van der Waals surface area contributed by atoms with Gasteiger partial charge in [0.05, 0.1) is 7.11 Å². The number of hydrogen-bond acceptors (Lipinski definition) is 2.